The van der Waals surface area contributed by atoms with Crippen LogP contribution in [0.5, 0.6) is 5.75 Å². The molecule has 1 unspecified atom stereocenters. The predicted molar refractivity (Wildman–Crippen MR) is 49.3 cm³/mol. The second-order valence-corrected chi connectivity index (χ2v) is 3.24. The summed E-state index contributed by atoms with van der Waals surface area (Å²) in [5.41, 5.74) is 0. The van der Waals surface area contributed by atoms with Gasteiger partial charge < -0.3 is 9.29 Å². The number of hydrogen-bond acceptors (Lipinski definition) is 2. The van der Waals surface area contributed by atoms with Crippen LogP contribution in [-0.2, 0) is 11.1 Å². The molecule has 0 spiro atoms. The summed E-state index contributed by atoms with van der Waals surface area (Å²) in [5.74, 6) is -0.516. The molecular formula is C7H6F3NaO3S. The van der Waals surface area contributed by atoms with Gasteiger partial charge in [0.15, 0.2) is 11.1 Å². The van der Waals surface area contributed by atoms with Gasteiger partial charge in [-0.05, 0) is 18.2 Å². The molecule has 0 fully saturated rings. The third-order valence-corrected chi connectivity index (χ3v) is 1.90. The van der Waals surface area contributed by atoms with Crippen LogP contribution in [0.15, 0.2) is 29.2 Å². The SMILES string of the molecule is O=S(O)c1cccc(OC(F)(F)F)c1.[NaH]. The fourth-order valence-corrected chi connectivity index (χ4v) is 1.19. The molecule has 0 radical (unpaired) electrons. The fraction of sp³-hybridized carbons (Fsp3) is 0.143. The van der Waals surface area contributed by atoms with Crippen molar-refractivity contribution in [3.05, 3.63) is 24.3 Å². The molecule has 1 aromatic rings. The van der Waals surface area contributed by atoms with Gasteiger partial charge in [-0.25, -0.2) is 4.21 Å². The van der Waals surface area contributed by atoms with Gasteiger partial charge in [-0.15, -0.1) is 13.2 Å². The molecule has 1 N–H and O–H groups in total. The zero-order valence-electron chi connectivity index (χ0n) is 6.62. The summed E-state index contributed by atoms with van der Waals surface area (Å²) in [5, 5.41) is 0. The Labute approximate surface area is 108 Å². The first kappa shape index (κ1) is 14.9. The van der Waals surface area contributed by atoms with Crippen LogP contribution in [0.3, 0.4) is 0 Å². The molecule has 15 heavy (non-hydrogen) atoms. The van der Waals surface area contributed by atoms with Gasteiger partial charge >= 0.3 is 35.9 Å². The molecule has 3 nitrogen and oxygen atoms in total. The average Bonchev–Trinajstić information content (AvgIpc) is 2.01. The van der Waals surface area contributed by atoms with Crippen LogP contribution in [0.1, 0.15) is 0 Å². The topological polar surface area (TPSA) is 46.5 Å². The second kappa shape index (κ2) is 5.86. The van der Waals surface area contributed by atoms with Crippen molar-refractivity contribution in [1.29, 1.82) is 0 Å². The third kappa shape index (κ3) is 5.53. The van der Waals surface area contributed by atoms with Crippen LogP contribution in [0.2, 0.25) is 0 Å². The van der Waals surface area contributed by atoms with Crippen molar-refractivity contribution in [2.75, 3.05) is 0 Å². The van der Waals surface area contributed by atoms with E-state index in [0.717, 1.165) is 12.1 Å². The average molecular weight is 250 g/mol. The first-order valence-corrected chi connectivity index (χ1v) is 4.46. The van der Waals surface area contributed by atoms with Gasteiger partial charge in [-0.3, -0.25) is 0 Å². The number of alkyl halides is 3. The molecule has 1 aromatic carbocycles. The van der Waals surface area contributed by atoms with Gasteiger partial charge in [0, 0.05) is 0 Å². The number of benzene rings is 1. The molecule has 80 valence electrons. The van der Waals surface area contributed by atoms with Gasteiger partial charge in [-0.2, -0.15) is 0 Å². The molecule has 0 heterocycles. The van der Waals surface area contributed by atoms with Gasteiger partial charge in [0.2, 0.25) is 0 Å². The summed E-state index contributed by atoms with van der Waals surface area (Å²) in [6.45, 7) is 0. The van der Waals surface area contributed by atoms with E-state index in [0.29, 0.717) is 0 Å². The van der Waals surface area contributed by atoms with E-state index < -0.39 is 23.2 Å². The Morgan fingerprint density at radius 3 is 2.40 bits per heavy atom. The normalized spacial score (nSPS) is 12.8. The summed E-state index contributed by atoms with van der Waals surface area (Å²) < 4.78 is 57.8. The molecule has 0 saturated carbocycles. The molecule has 1 rings (SSSR count). The van der Waals surface area contributed by atoms with E-state index in [1.165, 1.54) is 12.1 Å². The van der Waals surface area contributed by atoms with E-state index in [1.807, 2.05) is 0 Å². The van der Waals surface area contributed by atoms with Crippen LogP contribution in [0, 0.1) is 0 Å². The van der Waals surface area contributed by atoms with E-state index in [1.54, 1.807) is 0 Å². The third-order valence-electron chi connectivity index (χ3n) is 1.24. The van der Waals surface area contributed by atoms with Crippen LogP contribution < -0.4 is 4.74 Å². The van der Waals surface area contributed by atoms with Gasteiger partial charge in [0.05, 0.1) is 4.90 Å². The van der Waals surface area contributed by atoms with E-state index in [9.17, 15) is 17.4 Å². The summed E-state index contributed by atoms with van der Waals surface area (Å²) in [6.07, 6.45) is -4.80. The summed E-state index contributed by atoms with van der Waals surface area (Å²) in [4.78, 5) is -0.147. The molecule has 0 amide bonds. The molecule has 0 aromatic heterocycles. The predicted octanol–water partition coefficient (Wildman–Crippen LogP) is 1.52. The van der Waals surface area contributed by atoms with E-state index in [2.05, 4.69) is 4.74 Å². The zero-order valence-corrected chi connectivity index (χ0v) is 7.43. The summed E-state index contributed by atoms with van der Waals surface area (Å²) in [6, 6.07) is 4.32. The standard InChI is InChI=1S/C7H5F3O3S.Na.H/c8-7(9,10)13-5-2-1-3-6(4-5)14(11)12;;/h1-4H,(H,11,12);;. The zero-order chi connectivity index (χ0) is 10.8. The first-order valence-electron chi connectivity index (χ1n) is 3.35. The van der Waals surface area contributed by atoms with Crippen molar-refractivity contribution < 1.29 is 26.7 Å². The summed E-state index contributed by atoms with van der Waals surface area (Å²) >= 11 is -2.31. The van der Waals surface area contributed by atoms with Gasteiger partial charge in [-0.1, -0.05) is 6.07 Å². The number of rotatable bonds is 2. The molecule has 1 atom stereocenters. The van der Waals surface area contributed by atoms with Crippen molar-refractivity contribution in [1.82, 2.24) is 0 Å². The Hall–Kier alpha value is -0.0800. The van der Waals surface area contributed by atoms with Crippen LogP contribution in [-0.4, -0.2) is 44.7 Å². The Balaban J connectivity index is 0.00000196. The Kier molecular flexibility index (Phi) is 5.82. The quantitative estimate of drug-likeness (QED) is 0.639. The molecule has 0 bridgehead atoms. The number of ether oxygens (including phenoxy) is 1. The van der Waals surface area contributed by atoms with E-state index in [-0.39, 0.29) is 34.5 Å². The molecule has 8 heteroatoms. The molecule has 0 aliphatic heterocycles. The monoisotopic (exact) mass is 250 g/mol. The molecule has 0 aliphatic rings. The first-order chi connectivity index (χ1) is 6.38. The maximum absolute atomic E-state index is 11.7. The molecule has 0 saturated heterocycles. The minimum atomic E-state index is -4.80. The van der Waals surface area contributed by atoms with Gasteiger partial charge in [0.25, 0.3) is 0 Å². The second-order valence-electron chi connectivity index (χ2n) is 2.27. The molecular weight excluding hydrogens is 244 g/mol. The van der Waals surface area contributed by atoms with Crippen LogP contribution >= 0.6 is 0 Å². The van der Waals surface area contributed by atoms with Crippen molar-refractivity contribution in [3.63, 3.8) is 0 Å². The van der Waals surface area contributed by atoms with Crippen molar-refractivity contribution in [3.8, 4) is 5.75 Å². The van der Waals surface area contributed by atoms with Crippen molar-refractivity contribution in [2.45, 2.75) is 11.3 Å². The number of hydrogen-bond donors (Lipinski definition) is 1. The Bertz CT molecular complexity index is 356. The Morgan fingerprint density at radius 1 is 1.33 bits per heavy atom. The van der Waals surface area contributed by atoms with Crippen molar-refractivity contribution in [2.24, 2.45) is 0 Å². The fourth-order valence-electron chi connectivity index (χ4n) is 0.780. The minimum absolute atomic E-state index is 0. The summed E-state index contributed by atoms with van der Waals surface area (Å²) in [7, 11) is 0. The van der Waals surface area contributed by atoms with Crippen LogP contribution in [0.25, 0.3) is 0 Å². The van der Waals surface area contributed by atoms with Crippen LogP contribution in [0.4, 0.5) is 13.2 Å². The Morgan fingerprint density at radius 2 is 1.93 bits per heavy atom. The maximum atomic E-state index is 11.7. The molecule has 0 aliphatic carbocycles. The van der Waals surface area contributed by atoms with Crippen molar-refractivity contribution >= 4 is 40.6 Å². The number of halogens is 3. The van der Waals surface area contributed by atoms with E-state index in [4.69, 9.17) is 4.55 Å². The van der Waals surface area contributed by atoms with E-state index >= 15 is 0 Å². The van der Waals surface area contributed by atoms with Gasteiger partial charge in [0.1, 0.15) is 5.75 Å².